The summed E-state index contributed by atoms with van der Waals surface area (Å²) in [6.45, 7) is 1.54. The number of aliphatic hydroxyl groups is 1. The van der Waals surface area contributed by atoms with Crippen molar-refractivity contribution in [2.75, 3.05) is 13.1 Å². The van der Waals surface area contributed by atoms with Gasteiger partial charge in [-0.3, -0.25) is 14.5 Å². The predicted octanol–water partition coefficient (Wildman–Crippen LogP) is 0.623. The summed E-state index contributed by atoms with van der Waals surface area (Å²) in [6.07, 6.45) is 3.19. The van der Waals surface area contributed by atoms with Gasteiger partial charge in [0.15, 0.2) is 0 Å². The van der Waals surface area contributed by atoms with Crippen molar-refractivity contribution in [2.45, 2.75) is 44.8 Å². The summed E-state index contributed by atoms with van der Waals surface area (Å²) in [4.78, 5) is 24.0. The average molecular weight is 238 g/mol. The number of likely N-dealkylation sites (tertiary alicyclic amines) is 1. The van der Waals surface area contributed by atoms with Gasteiger partial charge >= 0.3 is 0 Å². The van der Waals surface area contributed by atoms with Gasteiger partial charge in [0.05, 0.1) is 6.42 Å². The molecule has 1 saturated heterocycles. The fourth-order valence-electron chi connectivity index (χ4n) is 2.02. The predicted molar refractivity (Wildman–Crippen MR) is 60.9 cm³/mol. The van der Waals surface area contributed by atoms with Gasteiger partial charge in [0, 0.05) is 19.5 Å². The van der Waals surface area contributed by atoms with Crippen LogP contribution in [0.1, 0.15) is 38.5 Å². The minimum atomic E-state index is -0.673. The lowest BCUT2D eigenvalue weighted by atomic mass is 10.1. The molecule has 0 aromatic rings. The van der Waals surface area contributed by atoms with Crippen molar-refractivity contribution >= 4 is 11.6 Å². The zero-order valence-corrected chi connectivity index (χ0v) is 9.89. The fourth-order valence-corrected chi connectivity index (χ4v) is 2.02. The highest BCUT2D eigenvalue weighted by molar-refractivity contribution is 6.06. The number of carbonyl (C=O) groups is 2. The Labute approximate surface area is 101 Å². The molecule has 0 amide bonds. The highest BCUT2D eigenvalue weighted by Crippen LogP contribution is 2.15. The van der Waals surface area contributed by atoms with Crippen molar-refractivity contribution in [3.8, 4) is 6.07 Å². The van der Waals surface area contributed by atoms with Gasteiger partial charge < -0.3 is 5.11 Å². The summed E-state index contributed by atoms with van der Waals surface area (Å²) in [7, 11) is 0. The van der Waals surface area contributed by atoms with Gasteiger partial charge in [-0.15, -0.1) is 0 Å². The van der Waals surface area contributed by atoms with Crippen molar-refractivity contribution in [2.24, 2.45) is 0 Å². The molecule has 17 heavy (non-hydrogen) atoms. The van der Waals surface area contributed by atoms with E-state index in [-0.39, 0.29) is 18.4 Å². The van der Waals surface area contributed by atoms with Crippen molar-refractivity contribution in [3.05, 3.63) is 0 Å². The third kappa shape index (κ3) is 5.07. The number of piperidine rings is 1. The van der Waals surface area contributed by atoms with Crippen LogP contribution in [0.2, 0.25) is 0 Å². The van der Waals surface area contributed by atoms with E-state index in [2.05, 4.69) is 0 Å². The molecule has 0 radical (unpaired) electrons. The molecule has 94 valence electrons. The lowest BCUT2D eigenvalue weighted by Gasteiger charge is -2.31. The molecule has 1 atom stereocenters. The molecule has 1 heterocycles. The van der Waals surface area contributed by atoms with E-state index in [1.807, 2.05) is 4.90 Å². The molecule has 0 unspecified atom stereocenters. The van der Waals surface area contributed by atoms with Crippen LogP contribution in [-0.2, 0) is 9.59 Å². The Hall–Kier alpha value is -1.25. The monoisotopic (exact) mass is 238 g/mol. The maximum absolute atomic E-state index is 11.3. The SMILES string of the molecule is N#CC(=O)CC(=O)CCCN1CCCC[C@H]1O. The molecular formula is C12H18N2O3. The number of hydrogen-bond donors (Lipinski definition) is 1. The Morgan fingerprint density at radius 1 is 1.41 bits per heavy atom. The van der Waals surface area contributed by atoms with Gasteiger partial charge in [0.1, 0.15) is 18.1 Å². The molecule has 1 N–H and O–H groups in total. The van der Waals surface area contributed by atoms with Crippen LogP contribution in [-0.4, -0.2) is 40.9 Å². The molecule has 0 saturated carbocycles. The zero-order valence-electron chi connectivity index (χ0n) is 9.89. The van der Waals surface area contributed by atoms with E-state index < -0.39 is 5.78 Å². The van der Waals surface area contributed by atoms with E-state index in [0.717, 1.165) is 25.8 Å². The highest BCUT2D eigenvalue weighted by atomic mass is 16.3. The fraction of sp³-hybridized carbons (Fsp3) is 0.750. The van der Waals surface area contributed by atoms with Crippen LogP contribution in [0.25, 0.3) is 0 Å². The molecule has 0 spiro atoms. The first-order chi connectivity index (χ1) is 8.13. The van der Waals surface area contributed by atoms with Crippen LogP contribution < -0.4 is 0 Å². The number of carbonyl (C=O) groups excluding carboxylic acids is 2. The first kappa shape index (κ1) is 13.8. The topological polar surface area (TPSA) is 81.4 Å². The quantitative estimate of drug-likeness (QED) is 0.542. The third-order valence-corrected chi connectivity index (χ3v) is 2.96. The van der Waals surface area contributed by atoms with E-state index >= 15 is 0 Å². The molecule has 0 bridgehead atoms. The van der Waals surface area contributed by atoms with Crippen molar-refractivity contribution in [1.29, 1.82) is 5.26 Å². The molecule has 5 heteroatoms. The summed E-state index contributed by atoms with van der Waals surface area (Å²) in [5, 5.41) is 17.9. The lowest BCUT2D eigenvalue weighted by Crippen LogP contribution is -2.39. The molecule has 1 aliphatic heterocycles. The molecule has 0 aromatic carbocycles. The number of aliphatic hydroxyl groups excluding tert-OH is 1. The molecular weight excluding hydrogens is 220 g/mol. The van der Waals surface area contributed by atoms with E-state index in [0.29, 0.717) is 19.4 Å². The number of nitriles is 1. The Kier molecular flexibility index (Phi) is 5.81. The minimum Gasteiger partial charge on any atom is -0.378 e. The van der Waals surface area contributed by atoms with Crippen LogP contribution in [0.3, 0.4) is 0 Å². The summed E-state index contributed by atoms with van der Waals surface area (Å²) in [5.74, 6) is -0.865. The van der Waals surface area contributed by atoms with Gasteiger partial charge in [0.2, 0.25) is 5.78 Å². The van der Waals surface area contributed by atoms with Crippen molar-refractivity contribution in [3.63, 3.8) is 0 Å². The molecule has 1 fully saturated rings. The van der Waals surface area contributed by atoms with Gasteiger partial charge in [-0.05, 0) is 25.7 Å². The second-order valence-electron chi connectivity index (χ2n) is 4.37. The normalized spacial score (nSPS) is 20.8. The molecule has 5 nitrogen and oxygen atoms in total. The van der Waals surface area contributed by atoms with Gasteiger partial charge in [-0.2, -0.15) is 5.26 Å². The Morgan fingerprint density at radius 2 is 2.18 bits per heavy atom. The zero-order chi connectivity index (χ0) is 12.7. The van der Waals surface area contributed by atoms with Crippen LogP contribution in [0, 0.1) is 11.3 Å². The number of ketones is 2. The average Bonchev–Trinajstić information content (AvgIpc) is 2.31. The summed E-state index contributed by atoms with van der Waals surface area (Å²) in [6, 6.07) is 1.43. The van der Waals surface area contributed by atoms with Gasteiger partial charge in [0.25, 0.3) is 0 Å². The van der Waals surface area contributed by atoms with E-state index in [1.165, 1.54) is 6.07 Å². The van der Waals surface area contributed by atoms with Gasteiger partial charge in [-0.1, -0.05) is 0 Å². The van der Waals surface area contributed by atoms with Gasteiger partial charge in [-0.25, -0.2) is 0 Å². The summed E-state index contributed by atoms with van der Waals surface area (Å²) < 4.78 is 0. The van der Waals surface area contributed by atoms with E-state index in [1.54, 1.807) is 0 Å². The minimum absolute atomic E-state index is 0.192. The maximum atomic E-state index is 11.3. The van der Waals surface area contributed by atoms with Crippen molar-refractivity contribution in [1.82, 2.24) is 4.90 Å². The second-order valence-corrected chi connectivity index (χ2v) is 4.37. The Morgan fingerprint density at radius 3 is 2.82 bits per heavy atom. The second kappa shape index (κ2) is 7.15. The lowest BCUT2D eigenvalue weighted by molar-refractivity contribution is -0.124. The van der Waals surface area contributed by atoms with E-state index in [4.69, 9.17) is 5.26 Å². The first-order valence-corrected chi connectivity index (χ1v) is 6.00. The third-order valence-electron chi connectivity index (χ3n) is 2.96. The summed E-state index contributed by atoms with van der Waals surface area (Å²) in [5.41, 5.74) is 0. The molecule has 0 aromatic heterocycles. The molecule has 0 aliphatic carbocycles. The number of rotatable bonds is 6. The van der Waals surface area contributed by atoms with Crippen LogP contribution in [0.15, 0.2) is 0 Å². The maximum Gasteiger partial charge on any atom is 0.239 e. The Balaban J connectivity index is 2.16. The van der Waals surface area contributed by atoms with E-state index in [9.17, 15) is 14.7 Å². The van der Waals surface area contributed by atoms with Crippen LogP contribution in [0.4, 0.5) is 0 Å². The first-order valence-electron chi connectivity index (χ1n) is 6.00. The largest absolute Gasteiger partial charge is 0.378 e. The standard InChI is InChI=1S/C12H18N2O3/c13-9-11(16)8-10(15)4-3-7-14-6-2-1-5-12(14)17/h12,17H,1-8H2/t12-/m1/s1. The Bertz CT molecular complexity index is 322. The summed E-state index contributed by atoms with van der Waals surface area (Å²) >= 11 is 0. The smallest absolute Gasteiger partial charge is 0.239 e. The molecule has 1 aliphatic rings. The number of Topliss-reactive ketones (excluding diaryl/α,β-unsaturated/α-hetero) is 2. The van der Waals surface area contributed by atoms with Crippen molar-refractivity contribution < 1.29 is 14.7 Å². The van der Waals surface area contributed by atoms with Crippen LogP contribution >= 0.6 is 0 Å². The highest BCUT2D eigenvalue weighted by Gasteiger charge is 2.19. The van der Waals surface area contributed by atoms with Crippen LogP contribution in [0.5, 0.6) is 0 Å². The number of nitrogens with zero attached hydrogens (tertiary/aromatic N) is 2. The molecule has 1 rings (SSSR count). The number of hydrogen-bond acceptors (Lipinski definition) is 5.